The van der Waals surface area contributed by atoms with Crippen molar-refractivity contribution >= 4 is 13.7 Å². The van der Waals surface area contributed by atoms with Crippen molar-refractivity contribution in [2.45, 2.75) is 77.7 Å². The first-order valence-corrected chi connectivity index (χ1v) is 10.5. The van der Waals surface area contributed by atoms with E-state index in [0.717, 1.165) is 0 Å². The van der Waals surface area contributed by atoms with Crippen molar-refractivity contribution in [3.63, 3.8) is 0 Å². The van der Waals surface area contributed by atoms with Gasteiger partial charge < -0.3 is 15.2 Å². The van der Waals surface area contributed by atoms with Crippen LogP contribution in [0, 0.1) is 0 Å². The van der Waals surface area contributed by atoms with Gasteiger partial charge in [0.2, 0.25) is 6.17 Å². The topological polar surface area (TPSA) is 108 Å². The molecule has 1 atom stereocenters. The number of phosphoric acid groups is 1. The number of nitrogens with one attached hydrogen (secondary N) is 2. The summed E-state index contributed by atoms with van der Waals surface area (Å²) in [4.78, 5) is 30.5. The molecular formula is C19H32FN2O5P. The number of carbonyl (C=O) groups is 1. The molecule has 28 heavy (non-hydrogen) atoms. The van der Waals surface area contributed by atoms with E-state index in [4.69, 9.17) is 9.79 Å². The molecule has 0 spiro atoms. The molecule has 0 saturated carbocycles. The average molecular weight is 418 g/mol. The summed E-state index contributed by atoms with van der Waals surface area (Å²) in [6.07, 6.45) is -1.61. The van der Waals surface area contributed by atoms with E-state index in [1.54, 1.807) is 13.8 Å². The first-order chi connectivity index (χ1) is 12.4. The zero-order valence-corrected chi connectivity index (χ0v) is 18.4. The Morgan fingerprint density at radius 1 is 1.11 bits per heavy atom. The summed E-state index contributed by atoms with van der Waals surface area (Å²) in [6, 6.07) is 5.36. The molecule has 0 radical (unpaired) electrons. The molecule has 0 aromatic heterocycles. The summed E-state index contributed by atoms with van der Waals surface area (Å²) in [5, 5.41) is 6.15. The summed E-state index contributed by atoms with van der Waals surface area (Å²) in [5.41, 5.74) is -1.44. The van der Waals surface area contributed by atoms with Crippen LogP contribution in [-0.2, 0) is 9.36 Å². The van der Waals surface area contributed by atoms with E-state index in [1.165, 1.54) is 24.3 Å². The zero-order chi connectivity index (χ0) is 22.0. The first kappa shape index (κ1) is 24.6. The number of alkyl halides is 1. The standard InChI is InChI=1S/C19H32FN2O5P/c1-17(2,3)22-19(6,7)12-18(4,5)21-16(23)15(20)13-10-8-9-11-14(13)27-28(24,25)26/h8-11,15,22H,12H2,1-7H3,(H,21,23)(H2,24,25,26). The van der Waals surface area contributed by atoms with Crippen molar-refractivity contribution in [1.29, 1.82) is 0 Å². The fraction of sp³-hybridized carbons (Fsp3) is 0.632. The molecular weight excluding hydrogens is 386 g/mol. The van der Waals surface area contributed by atoms with Crippen LogP contribution in [0.15, 0.2) is 24.3 Å². The van der Waals surface area contributed by atoms with E-state index in [1.807, 2.05) is 34.6 Å². The summed E-state index contributed by atoms with van der Waals surface area (Å²) in [7, 11) is -4.88. The molecule has 0 fully saturated rings. The monoisotopic (exact) mass is 418 g/mol. The van der Waals surface area contributed by atoms with E-state index in [2.05, 4.69) is 15.2 Å². The maximum Gasteiger partial charge on any atom is 0.524 e. The van der Waals surface area contributed by atoms with Crippen LogP contribution in [-0.4, -0.2) is 32.3 Å². The van der Waals surface area contributed by atoms with Crippen LogP contribution in [0.2, 0.25) is 0 Å². The molecule has 9 heteroatoms. The van der Waals surface area contributed by atoms with Gasteiger partial charge in [-0.1, -0.05) is 18.2 Å². The molecule has 160 valence electrons. The van der Waals surface area contributed by atoms with Gasteiger partial charge in [-0.2, -0.15) is 0 Å². The van der Waals surface area contributed by atoms with Crippen molar-refractivity contribution in [3.8, 4) is 5.75 Å². The fourth-order valence-electron chi connectivity index (χ4n) is 3.65. The number of phosphoric ester groups is 1. The lowest BCUT2D eigenvalue weighted by molar-refractivity contribution is -0.128. The molecule has 0 aliphatic carbocycles. The molecule has 1 aromatic carbocycles. The fourth-order valence-corrected chi connectivity index (χ4v) is 4.07. The molecule has 4 N–H and O–H groups in total. The van der Waals surface area contributed by atoms with Crippen molar-refractivity contribution in [2.24, 2.45) is 0 Å². The third-order valence-corrected chi connectivity index (χ3v) is 4.13. The number of rotatable bonds is 8. The molecule has 0 aliphatic heterocycles. The second-order valence-electron chi connectivity index (χ2n) is 9.29. The Hall–Kier alpha value is -1.47. The molecule has 0 heterocycles. The summed E-state index contributed by atoms with van der Waals surface area (Å²) in [6.45, 7) is 13.7. The van der Waals surface area contributed by atoms with Crippen LogP contribution in [0.25, 0.3) is 0 Å². The maximum atomic E-state index is 14.8. The number of benzene rings is 1. The number of para-hydroxylation sites is 1. The van der Waals surface area contributed by atoms with Crippen molar-refractivity contribution < 1.29 is 28.1 Å². The van der Waals surface area contributed by atoms with Gasteiger partial charge in [0.05, 0.1) is 0 Å². The highest BCUT2D eigenvalue weighted by atomic mass is 31.2. The van der Waals surface area contributed by atoms with Gasteiger partial charge in [0, 0.05) is 22.2 Å². The summed E-state index contributed by atoms with van der Waals surface area (Å²) in [5.74, 6) is -1.27. The summed E-state index contributed by atoms with van der Waals surface area (Å²) < 4.78 is 30.4. The van der Waals surface area contributed by atoms with E-state index in [9.17, 15) is 13.8 Å². The molecule has 0 bridgehead atoms. The third kappa shape index (κ3) is 8.69. The Morgan fingerprint density at radius 2 is 1.64 bits per heavy atom. The van der Waals surface area contributed by atoms with Crippen LogP contribution < -0.4 is 15.2 Å². The Bertz CT molecular complexity index is 740. The zero-order valence-electron chi connectivity index (χ0n) is 17.5. The van der Waals surface area contributed by atoms with Crippen LogP contribution in [0.5, 0.6) is 5.75 Å². The lowest BCUT2D eigenvalue weighted by atomic mass is 9.85. The second-order valence-corrected chi connectivity index (χ2v) is 10.5. The molecule has 7 nitrogen and oxygen atoms in total. The van der Waals surface area contributed by atoms with Gasteiger partial charge in [0.1, 0.15) is 5.75 Å². The number of amides is 1. The Kier molecular flexibility index (Phi) is 7.45. The van der Waals surface area contributed by atoms with Crippen molar-refractivity contribution in [1.82, 2.24) is 10.6 Å². The van der Waals surface area contributed by atoms with Gasteiger partial charge in [0.25, 0.3) is 5.91 Å². The highest BCUT2D eigenvalue weighted by molar-refractivity contribution is 7.46. The quantitative estimate of drug-likeness (QED) is 0.480. The van der Waals surface area contributed by atoms with E-state index in [-0.39, 0.29) is 22.4 Å². The van der Waals surface area contributed by atoms with Gasteiger partial charge in [-0.3, -0.25) is 14.6 Å². The molecule has 0 aliphatic rings. The average Bonchev–Trinajstić information content (AvgIpc) is 2.40. The van der Waals surface area contributed by atoms with Gasteiger partial charge in [-0.15, -0.1) is 0 Å². The normalized spacial score (nSPS) is 14.5. The lowest BCUT2D eigenvalue weighted by Crippen LogP contribution is -2.57. The van der Waals surface area contributed by atoms with Gasteiger partial charge in [-0.05, 0) is 61.0 Å². The van der Waals surface area contributed by atoms with Gasteiger partial charge in [-0.25, -0.2) is 8.96 Å². The van der Waals surface area contributed by atoms with E-state index < -0.39 is 25.4 Å². The Labute approximate surface area is 166 Å². The molecule has 1 amide bonds. The minimum atomic E-state index is -4.88. The summed E-state index contributed by atoms with van der Waals surface area (Å²) >= 11 is 0. The number of hydrogen-bond donors (Lipinski definition) is 4. The molecule has 1 unspecified atom stereocenters. The smallest absolute Gasteiger partial charge is 0.404 e. The van der Waals surface area contributed by atoms with Crippen LogP contribution in [0.4, 0.5) is 4.39 Å². The minimum absolute atomic E-state index is 0.134. The van der Waals surface area contributed by atoms with Gasteiger partial charge >= 0.3 is 7.82 Å². The number of hydrogen-bond acceptors (Lipinski definition) is 4. The minimum Gasteiger partial charge on any atom is -0.404 e. The highest BCUT2D eigenvalue weighted by Gasteiger charge is 2.35. The lowest BCUT2D eigenvalue weighted by Gasteiger charge is -2.40. The predicted molar refractivity (Wildman–Crippen MR) is 107 cm³/mol. The van der Waals surface area contributed by atoms with E-state index >= 15 is 0 Å². The number of carbonyl (C=O) groups excluding carboxylic acids is 1. The first-order valence-electron chi connectivity index (χ1n) is 9.00. The van der Waals surface area contributed by atoms with Gasteiger partial charge in [0.15, 0.2) is 0 Å². The predicted octanol–water partition coefficient (Wildman–Crippen LogP) is 3.62. The van der Waals surface area contributed by atoms with Crippen molar-refractivity contribution in [3.05, 3.63) is 29.8 Å². The third-order valence-electron chi connectivity index (χ3n) is 3.70. The van der Waals surface area contributed by atoms with Crippen molar-refractivity contribution in [2.75, 3.05) is 0 Å². The molecule has 1 aromatic rings. The maximum absolute atomic E-state index is 14.8. The van der Waals surface area contributed by atoms with E-state index in [0.29, 0.717) is 6.42 Å². The van der Waals surface area contributed by atoms with Crippen LogP contribution in [0.1, 0.15) is 66.6 Å². The number of halogens is 1. The Morgan fingerprint density at radius 3 is 2.14 bits per heavy atom. The van der Waals surface area contributed by atoms with Crippen LogP contribution in [0.3, 0.4) is 0 Å². The Balaban J connectivity index is 2.94. The largest absolute Gasteiger partial charge is 0.524 e. The SMILES string of the molecule is CC(C)(C)NC(C)(C)CC(C)(C)NC(=O)C(F)c1ccccc1OP(=O)(O)O. The second kappa shape index (κ2) is 8.49. The highest BCUT2D eigenvalue weighted by Crippen LogP contribution is 2.41. The molecule has 0 saturated heterocycles. The molecule has 1 rings (SSSR count). The van der Waals surface area contributed by atoms with Crippen LogP contribution >= 0.6 is 7.82 Å².